The summed E-state index contributed by atoms with van der Waals surface area (Å²) in [5, 5.41) is 0. The fourth-order valence-corrected chi connectivity index (χ4v) is 2.52. The van der Waals surface area contributed by atoms with E-state index in [4.69, 9.17) is 19.9 Å². The molecule has 0 saturated carbocycles. The molecule has 21 heavy (non-hydrogen) atoms. The number of benzene rings is 2. The second-order valence-electron chi connectivity index (χ2n) is 5.05. The van der Waals surface area contributed by atoms with Crippen LogP contribution in [-0.2, 0) is 6.54 Å². The summed E-state index contributed by atoms with van der Waals surface area (Å²) >= 11 is 0. The molecule has 4 nitrogen and oxygen atoms in total. The molecule has 0 aromatic heterocycles. The smallest absolute Gasteiger partial charge is 0.161 e. The maximum Gasteiger partial charge on any atom is 0.161 e. The van der Waals surface area contributed by atoms with Crippen LogP contribution in [0.5, 0.6) is 17.2 Å². The van der Waals surface area contributed by atoms with Crippen LogP contribution in [0.3, 0.4) is 0 Å². The second-order valence-corrected chi connectivity index (χ2v) is 5.05. The van der Waals surface area contributed by atoms with Crippen molar-refractivity contribution in [2.75, 3.05) is 20.3 Å². The van der Waals surface area contributed by atoms with Crippen LogP contribution >= 0.6 is 0 Å². The van der Waals surface area contributed by atoms with E-state index in [1.165, 1.54) is 5.56 Å². The Morgan fingerprint density at radius 3 is 2.86 bits per heavy atom. The molecular formula is C17H19NO3. The Kier molecular flexibility index (Phi) is 3.97. The Morgan fingerprint density at radius 1 is 1.19 bits per heavy atom. The van der Waals surface area contributed by atoms with Crippen LogP contribution in [0.2, 0.25) is 0 Å². The van der Waals surface area contributed by atoms with E-state index in [1.54, 1.807) is 7.11 Å². The van der Waals surface area contributed by atoms with Gasteiger partial charge in [-0.2, -0.15) is 0 Å². The summed E-state index contributed by atoms with van der Waals surface area (Å²) in [7, 11) is 1.64. The lowest BCUT2D eigenvalue weighted by Gasteiger charge is -2.14. The summed E-state index contributed by atoms with van der Waals surface area (Å²) in [6.07, 6.45) is 0. The molecule has 0 aliphatic carbocycles. The summed E-state index contributed by atoms with van der Waals surface area (Å²) in [5.74, 6) is 2.64. The fraction of sp³-hybridized carbons (Fsp3) is 0.294. The van der Waals surface area contributed by atoms with E-state index in [9.17, 15) is 0 Å². The van der Waals surface area contributed by atoms with Crippen molar-refractivity contribution >= 4 is 0 Å². The van der Waals surface area contributed by atoms with E-state index in [1.807, 2.05) is 36.4 Å². The zero-order valence-electron chi connectivity index (χ0n) is 12.0. The van der Waals surface area contributed by atoms with Gasteiger partial charge in [-0.15, -0.1) is 0 Å². The third kappa shape index (κ3) is 2.81. The fourth-order valence-electron chi connectivity index (χ4n) is 2.52. The van der Waals surface area contributed by atoms with E-state index in [-0.39, 0.29) is 5.92 Å². The van der Waals surface area contributed by atoms with Crippen molar-refractivity contribution in [3.63, 3.8) is 0 Å². The average molecular weight is 285 g/mol. The van der Waals surface area contributed by atoms with Crippen LogP contribution in [0.25, 0.3) is 0 Å². The van der Waals surface area contributed by atoms with Gasteiger partial charge in [0.1, 0.15) is 5.75 Å². The summed E-state index contributed by atoms with van der Waals surface area (Å²) in [5.41, 5.74) is 7.90. The molecule has 1 unspecified atom stereocenters. The molecule has 2 aromatic rings. The molecule has 1 atom stereocenters. The maximum atomic E-state index is 5.95. The molecular weight excluding hydrogens is 266 g/mol. The van der Waals surface area contributed by atoms with Crippen LogP contribution in [0.15, 0.2) is 42.5 Å². The molecule has 2 N–H and O–H groups in total. The Balaban J connectivity index is 1.74. The van der Waals surface area contributed by atoms with Gasteiger partial charge in [-0.1, -0.05) is 24.3 Å². The van der Waals surface area contributed by atoms with Crippen molar-refractivity contribution in [2.45, 2.75) is 12.5 Å². The molecule has 1 aliphatic heterocycles. The molecule has 4 heteroatoms. The third-order valence-electron chi connectivity index (χ3n) is 3.70. The van der Waals surface area contributed by atoms with E-state index in [0.29, 0.717) is 19.8 Å². The molecule has 0 fully saturated rings. The molecule has 2 aromatic carbocycles. The van der Waals surface area contributed by atoms with Crippen molar-refractivity contribution in [3.8, 4) is 17.2 Å². The third-order valence-corrected chi connectivity index (χ3v) is 3.70. The molecule has 0 bridgehead atoms. The van der Waals surface area contributed by atoms with Gasteiger partial charge < -0.3 is 19.9 Å². The summed E-state index contributed by atoms with van der Waals surface area (Å²) in [4.78, 5) is 0. The highest BCUT2D eigenvalue weighted by Crippen LogP contribution is 2.35. The van der Waals surface area contributed by atoms with Crippen LogP contribution in [0.4, 0.5) is 0 Å². The first-order valence-electron chi connectivity index (χ1n) is 7.03. The molecule has 3 rings (SSSR count). The maximum absolute atomic E-state index is 5.95. The van der Waals surface area contributed by atoms with Crippen molar-refractivity contribution in [1.29, 1.82) is 0 Å². The van der Waals surface area contributed by atoms with Crippen LogP contribution in [-0.4, -0.2) is 20.3 Å². The largest absolute Gasteiger partial charge is 0.493 e. The molecule has 0 amide bonds. The van der Waals surface area contributed by atoms with Crippen molar-refractivity contribution in [1.82, 2.24) is 0 Å². The first-order chi connectivity index (χ1) is 10.3. The normalized spacial score (nSPS) is 16.2. The molecule has 0 radical (unpaired) electrons. The first-order valence-corrected chi connectivity index (χ1v) is 7.03. The number of methoxy groups -OCH3 is 1. The topological polar surface area (TPSA) is 53.7 Å². The first kappa shape index (κ1) is 13.8. The van der Waals surface area contributed by atoms with Gasteiger partial charge in [-0.3, -0.25) is 0 Å². The molecule has 110 valence electrons. The Bertz CT molecular complexity index is 627. The highest BCUT2D eigenvalue weighted by molar-refractivity contribution is 5.44. The monoisotopic (exact) mass is 285 g/mol. The van der Waals surface area contributed by atoms with E-state index in [0.717, 1.165) is 22.8 Å². The number of rotatable bonds is 5. The van der Waals surface area contributed by atoms with E-state index in [2.05, 4.69) is 6.07 Å². The predicted molar refractivity (Wildman–Crippen MR) is 81.1 cm³/mol. The van der Waals surface area contributed by atoms with Crippen molar-refractivity contribution in [3.05, 3.63) is 53.6 Å². The highest BCUT2D eigenvalue weighted by Gasteiger charge is 2.24. The zero-order chi connectivity index (χ0) is 14.7. The van der Waals surface area contributed by atoms with Gasteiger partial charge in [0.2, 0.25) is 0 Å². The van der Waals surface area contributed by atoms with Crippen LogP contribution < -0.4 is 19.9 Å². The lowest BCUT2D eigenvalue weighted by Crippen LogP contribution is -2.12. The molecule has 1 heterocycles. The molecule has 0 saturated heterocycles. The summed E-state index contributed by atoms with van der Waals surface area (Å²) in [6, 6.07) is 13.8. The van der Waals surface area contributed by atoms with Crippen LogP contribution in [0, 0.1) is 0 Å². The van der Waals surface area contributed by atoms with E-state index < -0.39 is 0 Å². The van der Waals surface area contributed by atoms with Crippen LogP contribution in [0.1, 0.15) is 17.0 Å². The minimum Gasteiger partial charge on any atom is -0.493 e. The molecule has 1 aliphatic rings. The minimum atomic E-state index is 0.243. The van der Waals surface area contributed by atoms with Gasteiger partial charge in [-0.05, 0) is 23.8 Å². The van der Waals surface area contributed by atoms with Crippen molar-refractivity contribution in [2.24, 2.45) is 5.73 Å². The van der Waals surface area contributed by atoms with Gasteiger partial charge >= 0.3 is 0 Å². The minimum absolute atomic E-state index is 0.243. The van der Waals surface area contributed by atoms with Gasteiger partial charge in [0.05, 0.1) is 26.2 Å². The number of fused-ring (bicyclic) bond motifs is 1. The zero-order valence-corrected chi connectivity index (χ0v) is 12.0. The number of hydrogen-bond acceptors (Lipinski definition) is 4. The Morgan fingerprint density at radius 2 is 2.05 bits per heavy atom. The van der Waals surface area contributed by atoms with Gasteiger partial charge in [0.15, 0.2) is 11.5 Å². The predicted octanol–water partition coefficient (Wildman–Crippen LogP) is 2.71. The lowest BCUT2D eigenvalue weighted by atomic mass is 10.0. The number of hydrogen-bond donors (Lipinski definition) is 1. The Labute approximate surface area is 124 Å². The quantitative estimate of drug-likeness (QED) is 0.917. The van der Waals surface area contributed by atoms with Gasteiger partial charge in [0.25, 0.3) is 0 Å². The lowest BCUT2D eigenvalue weighted by molar-refractivity contribution is 0.240. The summed E-state index contributed by atoms with van der Waals surface area (Å²) in [6.45, 7) is 1.69. The number of nitrogens with two attached hydrogens (primary N) is 1. The number of ether oxygens (including phenoxy) is 3. The van der Waals surface area contributed by atoms with Gasteiger partial charge in [0, 0.05) is 12.1 Å². The average Bonchev–Trinajstić information content (AvgIpc) is 2.96. The standard InChI is InChI=1S/C17H19NO3/c1-19-16-7-6-12(9-18)8-17(16)21-11-13-10-20-15-5-3-2-4-14(13)15/h2-8,13H,9-11,18H2,1H3. The highest BCUT2D eigenvalue weighted by atomic mass is 16.5. The number of para-hydroxylation sites is 1. The van der Waals surface area contributed by atoms with Gasteiger partial charge in [-0.25, -0.2) is 0 Å². The molecule has 0 spiro atoms. The second kappa shape index (κ2) is 6.06. The Hall–Kier alpha value is -2.20. The van der Waals surface area contributed by atoms with E-state index >= 15 is 0 Å². The SMILES string of the molecule is COc1ccc(CN)cc1OCC1COc2ccccc21. The summed E-state index contributed by atoms with van der Waals surface area (Å²) < 4.78 is 17.0. The van der Waals surface area contributed by atoms with Crippen molar-refractivity contribution < 1.29 is 14.2 Å².